The molecular formula is C9H18N2O2. The van der Waals surface area contributed by atoms with Gasteiger partial charge in [0.2, 0.25) is 0 Å². The number of carbonyl (C=O) groups is 1. The monoisotopic (exact) mass is 186 g/mol. The van der Waals surface area contributed by atoms with Gasteiger partial charge in [0.1, 0.15) is 0 Å². The predicted octanol–water partition coefficient (Wildman–Crippen LogP) is 1.52. The van der Waals surface area contributed by atoms with Gasteiger partial charge in [-0.25, -0.2) is 9.80 Å². The van der Waals surface area contributed by atoms with E-state index in [0.717, 1.165) is 25.9 Å². The molecule has 0 aliphatic carbocycles. The van der Waals surface area contributed by atoms with Crippen molar-refractivity contribution in [1.29, 1.82) is 0 Å². The second kappa shape index (κ2) is 5.07. The average molecular weight is 186 g/mol. The van der Waals surface area contributed by atoms with Crippen molar-refractivity contribution in [3.8, 4) is 0 Å². The van der Waals surface area contributed by atoms with Crippen LogP contribution in [0.5, 0.6) is 0 Å². The summed E-state index contributed by atoms with van der Waals surface area (Å²) in [7, 11) is 0. The SMILES string of the molecule is CC(C)OC(=O)NN1CCCCC1. The molecule has 1 rings (SSSR count). The molecule has 1 aliphatic rings. The van der Waals surface area contributed by atoms with Crippen molar-refractivity contribution in [1.82, 2.24) is 10.4 Å². The van der Waals surface area contributed by atoms with E-state index >= 15 is 0 Å². The molecule has 0 atom stereocenters. The number of ether oxygens (including phenoxy) is 1. The van der Waals surface area contributed by atoms with E-state index < -0.39 is 0 Å². The minimum atomic E-state index is -0.336. The maximum atomic E-state index is 11.1. The summed E-state index contributed by atoms with van der Waals surface area (Å²) < 4.78 is 4.96. The minimum Gasteiger partial charge on any atom is -0.446 e. The molecule has 0 unspecified atom stereocenters. The summed E-state index contributed by atoms with van der Waals surface area (Å²) in [5.74, 6) is 0. The molecule has 0 radical (unpaired) electrons. The molecule has 0 spiro atoms. The van der Waals surface area contributed by atoms with Gasteiger partial charge in [-0.05, 0) is 26.7 Å². The van der Waals surface area contributed by atoms with Crippen molar-refractivity contribution >= 4 is 6.09 Å². The van der Waals surface area contributed by atoms with Crippen LogP contribution < -0.4 is 5.43 Å². The Hall–Kier alpha value is -0.770. The molecule has 1 aliphatic heterocycles. The molecule has 0 aromatic carbocycles. The van der Waals surface area contributed by atoms with E-state index in [1.54, 1.807) is 0 Å². The van der Waals surface area contributed by atoms with Crippen molar-refractivity contribution in [3.63, 3.8) is 0 Å². The third-order valence-corrected chi connectivity index (χ3v) is 1.95. The van der Waals surface area contributed by atoms with Crippen LogP contribution in [0.3, 0.4) is 0 Å². The first-order chi connectivity index (χ1) is 6.18. The van der Waals surface area contributed by atoms with Crippen LogP contribution in [0.4, 0.5) is 4.79 Å². The molecule has 1 heterocycles. The highest BCUT2D eigenvalue weighted by molar-refractivity contribution is 5.66. The van der Waals surface area contributed by atoms with Gasteiger partial charge in [-0.1, -0.05) is 6.42 Å². The Labute approximate surface area is 79.2 Å². The molecule has 76 valence electrons. The third-order valence-electron chi connectivity index (χ3n) is 1.95. The van der Waals surface area contributed by atoms with Gasteiger partial charge < -0.3 is 4.74 Å². The first kappa shape index (κ1) is 10.3. The van der Waals surface area contributed by atoms with Crippen molar-refractivity contribution in [2.45, 2.75) is 39.2 Å². The van der Waals surface area contributed by atoms with E-state index in [4.69, 9.17) is 4.74 Å². The largest absolute Gasteiger partial charge is 0.446 e. The molecule has 4 nitrogen and oxygen atoms in total. The lowest BCUT2D eigenvalue weighted by Gasteiger charge is -2.26. The Bertz CT molecular complexity index is 165. The number of hydrazine groups is 1. The Morgan fingerprint density at radius 3 is 2.46 bits per heavy atom. The molecule has 1 saturated heterocycles. The third kappa shape index (κ3) is 4.12. The van der Waals surface area contributed by atoms with E-state index in [1.807, 2.05) is 18.9 Å². The van der Waals surface area contributed by atoms with Crippen molar-refractivity contribution in [2.24, 2.45) is 0 Å². The number of piperidine rings is 1. The molecule has 1 fully saturated rings. The lowest BCUT2D eigenvalue weighted by molar-refractivity contribution is 0.0756. The highest BCUT2D eigenvalue weighted by Gasteiger charge is 2.13. The van der Waals surface area contributed by atoms with Gasteiger partial charge in [0.25, 0.3) is 0 Å². The van der Waals surface area contributed by atoms with Crippen molar-refractivity contribution in [3.05, 3.63) is 0 Å². The zero-order chi connectivity index (χ0) is 9.68. The average Bonchev–Trinajstić information content (AvgIpc) is 2.04. The lowest BCUT2D eigenvalue weighted by Crippen LogP contribution is -2.45. The second-order valence-electron chi connectivity index (χ2n) is 3.61. The van der Waals surface area contributed by atoms with Crippen LogP contribution in [0.2, 0.25) is 0 Å². The highest BCUT2D eigenvalue weighted by atomic mass is 16.6. The Kier molecular flexibility index (Phi) is 4.02. The number of nitrogens with one attached hydrogen (secondary N) is 1. The van der Waals surface area contributed by atoms with Crippen LogP contribution in [-0.4, -0.2) is 30.3 Å². The number of rotatable bonds is 2. The van der Waals surface area contributed by atoms with Gasteiger partial charge in [-0.15, -0.1) is 0 Å². The van der Waals surface area contributed by atoms with E-state index in [-0.39, 0.29) is 12.2 Å². The molecular weight excluding hydrogens is 168 g/mol. The molecule has 13 heavy (non-hydrogen) atoms. The summed E-state index contributed by atoms with van der Waals surface area (Å²) in [6.45, 7) is 5.56. The van der Waals surface area contributed by atoms with Gasteiger partial charge >= 0.3 is 6.09 Å². The standard InChI is InChI=1S/C9H18N2O2/c1-8(2)13-9(12)10-11-6-4-3-5-7-11/h8H,3-7H2,1-2H3,(H,10,12). The first-order valence-corrected chi connectivity index (χ1v) is 4.90. The number of nitrogens with zero attached hydrogens (tertiary/aromatic N) is 1. The summed E-state index contributed by atoms with van der Waals surface area (Å²) in [4.78, 5) is 11.1. The summed E-state index contributed by atoms with van der Waals surface area (Å²) in [6, 6.07) is 0. The topological polar surface area (TPSA) is 41.6 Å². The lowest BCUT2D eigenvalue weighted by atomic mass is 10.2. The Morgan fingerprint density at radius 1 is 1.31 bits per heavy atom. The fourth-order valence-electron chi connectivity index (χ4n) is 1.38. The highest BCUT2D eigenvalue weighted by Crippen LogP contribution is 2.05. The van der Waals surface area contributed by atoms with Crippen LogP contribution in [0.1, 0.15) is 33.1 Å². The number of carbonyl (C=O) groups excluding carboxylic acids is 1. The molecule has 0 aromatic heterocycles. The van der Waals surface area contributed by atoms with Gasteiger partial charge in [0.15, 0.2) is 0 Å². The number of amides is 1. The fraction of sp³-hybridized carbons (Fsp3) is 0.889. The van der Waals surface area contributed by atoms with E-state index in [2.05, 4.69) is 5.43 Å². The Balaban J connectivity index is 2.18. The zero-order valence-corrected chi connectivity index (χ0v) is 8.38. The van der Waals surface area contributed by atoms with Crippen LogP contribution in [0, 0.1) is 0 Å². The van der Waals surface area contributed by atoms with Crippen LogP contribution in [-0.2, 0) is 4.74 Å². The quantitative estimate of drug-likeness (QED) is 0.711. The van der Waals surface area contributed by atoms with Crippen molar-refractivity contribution < 1.29 is 9.53 Å². The van der Waals surface area contributed by atoms with Gasteiger partial charge in [-0.2, -0.15) is 0 Å². The zero-order valence-electron chi connectivity index (χ0n) is 8.38. The summed E-state index contributed by atoms with van der Waals surface area (Å²) in [5.41, 5.74) is 2.72. The fourth-order valence-corrected chi connectivity index (χ4v) is 1.38. The van der Waals surface area contributed by atoms with E-state index in [0.29, 0.717) is 0 Å². The molecule has 0 aromatic rings. The molecule has 0 bridgehead atoms. The smallest absolute Gasteiger partial charge is 0.422 e. The number of hydrogen-bond acceptors (Lipinski definition) is 3. The molecule has 0 saturated carbocycles. The maximum absolute atomic E-state index is 11.1. The summed E-state index contributed by atoms with van der Waals surface area (Å²) in [6.07, 6.45) is 3.18. The number of hydrogen-bond donors (Lipinski definition) is 1. The van der Waals surface area contributed by atoms with Gasteiger partial charge in [0, 0.05) is 13.1 Å². The van der Waals surface area contributed by atoms with Crippen molar-refractivity contribution in [2.75, 3.05) is 13.1 Å². The first-order valence-electron chi connectivity index (χ1n) is 4.90. The molecule has 4 heteroatoms. The predicted molar refractivity (Wildman–Crippen MR) is 50.2 cm³/mol. The second-order valence-corrected chi connectivity index (χ2v) is 3.61. The molecule has 1 amide bonds. The normalized spacial score (nSPS) is 18.7. The van der Waals surface area contributed by atoms with Crippen LogP contribution in [0.25, 0.3) is 0 Å². The summed E-state index contributed by atoms with van der Waals surface area (Å²) >= 11 is 0. The minimum absolute atomic E-state index is 0.0511. The van der Waals surface area contributed by atoms with Gasteiger partial charge in [0.05, 0.1) is 6.10 Å². The molecule has 1 N–H and O–H groups in total. The Morgan fingerprint density at radius 2 is 1.92 bits per heavy atom. The summed E-state index contributed by atoms with van der Waals surface area (Å²) in [5, 5.41) is 1.92. The van der Waals surface area contributed by atoms with Gasteiger partial charge in [-0.3, -0.25) is 5.43 Å². The van der Waals surface area contributed by atoms with Crippen LogP contribution in [0.15, 0.2) is 0 Å². The maximum Gasteiger partial charge on any atom is 0.422 e. The van der Waals surface area contributed by atoms with Crippen LogP contribution >= 0.6 is 0 Å². The van der Waals surface area contributed by atoms with E-state index in [9.17, 15) is 4.79 Å². The van der Waals surface area contributed by atoms with E-state index in [1.165, 1.54) is 6.42 Å².